The lowest BCUT2D eigenvalue weighted by Gasteiger charge is -2.27. The molecular weight excluding hydrogens is 334 g/mol. The molecular formula is C19H19N3O2S. The maximum absolute atomic E-state index is 12.5. The van der Waals surface area contributed by atoms with Crippen LogP contribution in [0.15, 0.2) is 35.7 Å². The molecule has 0 radical (unpaired) electrons. The maximum atomic E-state index is 12.5. The fraction of sp³-hybridized carbons (Fsp3) is 0.263. The second kappa shape index (κ2) is 7.51. The number of nitrogens with zero attached hydrogens (tertiary/aromatic N) is 1. The number of nitrogens with two attached hydrogens (primary N) is 1. The van der Waals surface area contributed by atoms with Gasteiger partial charge < -0.3 is 11.1 Å². The normalized spacial score (nSPS) is 15.6. The Morgan fingerprint density at radius 2 is 2.16 bits per heavy atom. The van der Waals surface area contributed by atoms with Gasteiger partial charge in [0.05, 0.1) is 18.7 Å². The van der Waals surface area contributed by atoms with E-state index in [2.05, 4.69) is 23.4 Å². The van der Waals surface area contributed by atoms with Crippen molar-refractivity contribution in [1.82, 2.24) is 4.90 Å². The molecule has 5 nitrogen and oxygen atoms in total. The van der Waals surface area contributed by atoms with E-state index in [1.54, 1.807) is 11.4 Å². The Labute approximate surface area is 150 Å². The van der Waals surface area contributed by atoms with Crippen LogP contribution in [0.2, 0.25) is 0 Å². The summed E-state index contributed by atoms with van der Waals surface area (Å²) in [4.78, 5) is 25.8. The molecule has 3 rings (SSSR count). The predicted octanol–water partition coefficient (Wildman–Crippen LogP) is 2.41. The van der Waals surface area contributed by atoms with E-state index in [9.17, 15) is 9.59 Å². The van der Waals surface area contributed by atoms with Crippen LogP contribution in [-0.2, 0) is 11.2 Å². The van der Waals surface area contributed by atoms with Gasteiger partial charge >= 0.3 is 0 Å². The molecule has 1 atom stereocenters. The Kier molecular flexibility index (Phi) is 5.17. The van der Waals surface area contributed by atoms with Gasteiger partial charge in [-0.15, -0.1) is 17.8 Å². The second-order valence-electron chi connectivity index (χ2n) is 5.94. The number of carbonyl (C=O) groups excluding carboxylic acids is 2. The highest BCUT2D eigenvalue weighted by atomic mass is 32.1. The predicted molar refractivity (Wildman–Crippen MR) is 99.4 cm³/mol. The standard InChI is InChI=1S/C19H19N3O2S/c1-2-10-22(16-8-7-13-5-3-4-6-14(13)16)12-17(23)21-19-15(18(20)24)9-11-25-19/h1,3-6,9,11,16H,7-8,10,12H2,(H2,20,24)(H,21,23)/t16-/m0/s1. The van der Waals surface area contributed by atoms with Crippen molar-refractivity contribution < 1.29 is 9.59 Å². The van der Waals surface area contributed by atoms with E-state index < -0.39 is 5.91 Å². The number of thiophene rings is 1. The third kappa shape index (κ3) is 3.73. The fourth-order valence-electron chi connectivity index (χ4n) is 3.26. The molecule has 0 bridgehead atoms. The Morgan fingerprint density at radius 1 is 1.36 bits per heavy atom. The highest BCUT2D eigenvalue weighted by molar-refractivity contribution is 7.14. The minimum Gasteiger partial charge on any atom is -0.366 e. The zero-order chi connectivity index (χ0) is 17.8. The summed E-state index contributed by atoms with van der Waals surface area (Å²) >= 11 is 1.28. The maximum Gasteiger partial charge on any atom is 0.251 e. The monoisotopic (exact) mass is 353 g/mol. The van der Waals surface area contributed by atoms with Crippen molar-refractivity contribution in [1.29, 1.82) is 0 Å². The van der Waals surface area contributed by atoms with Crippen LogP contribution < -0.4 is 11.1 Å². The van der Waals surface area contributed by atoms with Crippen molar-refractivity contribution in [2.45, 2.75) is 18.9 Å². The Balaban J connectivity index is 1.72. The van der Waals surface area contributed by atoms with Crippen LogP contribution in [-0.4, -0.2) is 29.8 Å². The van der Waals surface area contributed by atoms with Crippen LogP contribution in [0.3, 0.4) is 0 Å². The third-order valence-electron chi connectivity index (χ3n) is 4.37. The number of terminal acetylenes is 1. The van der Waals surface area contributed by atoms with Gasteiger partial charge in [-0.25, -0.2) is 0 Å². The van der Waals surface area contributed by atoms with Gasteiger partial charge in [0, 0.05) is 6.04 Å². The molecule has 1 aliphatic rings. The minimum atomic E-state index is -0.554. The summed E-state index contributed by atoms with van der Waals surface area (Å²) in [5.74, 6) is 1.89. The number of aryl methyl sites for hydroxylation is 1. The molecule has 0 saturated carbocycles. The number of fused-ring (bicyclic) bond motifs is 1. The van der Waals surface area contributed by atoms with E-state index in [0.29, 0.717) is 17.1 Å². The van der Waals surface area contributed by atoms with Gasteiger partial charge in [-0.3, -0.25) is 14.5 Å². The van der Waals surface area contributed by atoms with Gasteiger partial charge in [0.2, 0.25) is 5.91 Å². The lowest BCUT2D eigenvalue weighted by Crippen LogP contribution is -2.36. The van der Waals surface area contributed by atoms with Crippen LogP contribution in [0.5, 0.6) is 0 Å². The first-order valence-corrected chi connectivity index (χ1v) is 8.90. The fourth-order valence-corrected chi connectivity index (χ4v) is 4.07. The van der Waals surface area contributed by atoms with Gasteiger partial charge in [0.1, 0.15) is 5.00 Å². The van der Waals surface area contributed by atoms with E-state index in [1.165, 1.54) is 22.5 Å². The zero-order valence-electron chi connectivity index (χ0n) is 13.7. The van der Waals surface area contributed by atoms with Crippen LogP contribution in [0.1, 0.15) is 33.9 Å². The topological polar surface area (TPSA) is 75.4 Å². The van der Waals surface area contributed by atoms with Crippen LogP contribution in [0.25, 0.3) is 0 Å². The van der Waals surface area contributed by atoms with Crippen LogP contribution in [0.4, 0.5) is 5.00 Å². The third-order valence-corrected chi connectivity index (χ3v) is 5.20. The van der Waals surface area contributed by atoms with E-state index >= 15 is 0 Å². The summed E-state index contributed by atoms with van der Waals surface area (Å²) in [7, 11) is 0. The first-order chi connectivity index (χ1) is 12.1. The van der Waals surface area contributed by atoms with Crippen molar-refractivity contribution in [3.05, 3.63) is 52.4 Å². The van der Waals surface area contributed by atoms with Crippen molar-refractivity contribution in [3.8, 4) is 12.3 Å². The molecule has 0 fully saturated rings. The molecule has 25 heavy (non-hydrogen) atoms. The summed E-state index contributed by atoms with van der Waals surface area (Å²) in [5, 5.41) is 4.98. The van der Waals surface area contributed by atoms with Crippen molar-refractivity contribution in [3.63, 3.8) is 0 Å². The molecule has 128 valence electrons. The lowest BCUT2D eigenvalue weighted by atomic mass is 10.1. The Morgan fingerprint density at radius 3 is 2.92 bits per heavy atom. The summed E-state index contributed by atoms with van der Waals surface area (Å²) < 4.78 is 0. The number of nitrogens with one attached hydrogen (secondary N) is 1. The van der Waals surface area contributed by atoms with Gasteiger partial charge in [-0.1, -0.05) is 30.2 Å². The van der Waals surface area contributed by atoms with E-state index in [1.807, 2.05) is 17.0 Å². The van der Waals surface area contributed by atoms with E-state index in [0.717, 1.165) is 12.8 Å². The van der Waals surface area contributed by atoms with E-state index in [4.69, 9.17) is 12.2 Å². The number of rotatable bonds is 6. The Hall–Kier alpha value is -2.62. The Bertz CT molecular complexity index is 837. The summed E-state index contributed by atoms with van der Waals surface area (Å²) in [6.45, 7) is 0.554. The van der Waals surface area contributed by atoms with E-state index in [-0.39, 0.29) is 18.5 Å². The highest BCUT2D eigenvalue weighted by Gasteiger charge is 2.28. The number of amides is 2. The van der Waals surface area contributed by atoms with Crippen molar-refractivity contribution >= 4 is 28.2 Å². The highest BCUT2D eigenvalue weighted by Crippen LogP contribution is 2.35. The number of hydrogen-bond donors (Lipinski definition) is 2. The summed E-state index contributed by atoms with van der Waals surface area (Å²) in [6.07, 6.45) is 7.44. The van der Waals surface area contributed by atoms with Crippen molar-refractivity contribution in [2.75, 3.05) is 18.4 Å². The number of primary amides is 1. The lowest BCUT2D eigenvalue weighted by molar-refractivity contribution is -0.117. The van der Waals surface area contributed by atoms with Gasteiger partial charge in [0.25, 0.3) is 5.91 Å². The van der Waals surface area contributed by atoms with Crippen LogP contribution >= 0.6 is 11.3 Å². The first kappa shape index (κ1) is 17.2. The first-order valence-electron chi connectivity index (χ1n) is 8.02. The van der Waals surface area contributed by atoms with Gasteiger partial charge in [-0.05, 0) is 35.4 Å². The number of anilines is 1. The second-order valence-corrected chi connectivity index (χ2v) is 6.85. The molecule has 0 aliphatic heterocycles. The molecule has 1 aromatic carbocycles. The largest absolute Gasteiger partial charge is 0.366 e. The molecule has 2 aromatic rings. The smallest absolute Gasteiger partial charge is 0.251 e. The summed E-state index contributed by atoms with van der Waals surface area (Å²) in [6, 6.07) is 10.00. The van der Waals surface area contributed by atoms with Gasteiger partial charge in [-0.2, -0.15) is 0 Å². The number of carbonyl (C=O) groups is 2. The molecule has 2 amide bonds. The molecule has 1 heterocycles. The van der Waals surface area contributed by atoms with Crippen LogP contribution in [0, 0.1) is 12.3 Å². The van der Waals surface area contributed by atoms with Gasteiger partial charge in [0.15, 0.2) is 0 Å². The van der Waals surface area contributed by atoms with Crippen molar-refractivity contribution in [2.24, 2.45) is 5.73 Å². The number of hydrogen-bond acceptors (Lipinski definition) is 4. The molecule has 0 spiro atoms. The average Bonchev–Trinajstić information content (AvgIpc) is 3.21. The molecule has 1 aliphatic carbocycles. The molecule has 0 unspecified atom stereocenters. The minimum absolute atomic E-state index is 0.136. The SMILES string of the molecule is C#CCN(CC(=O)Nc1sccc1C(N)=O)[C@H]1CCc2ccccc21. The quantitative estimate of drug-likeness (QED) is 0.783. The molecule has 1 aromatic heterocycles. The zero-order valence-corrected chi connectivity index (χ0v) is 14.5. The molecule has 0 saturated heterocycles. The molecule has 6 heteroatoms. The molecule has 3 N–H and O–H groups in total. The summed E-state index contributed by atoms with van der Waals surface area (Å²) in [5.41, 5.74) is 8.19. The number of benzene rings is 1. The average molecular weight is 353 g/mol.